The number of carbonyl (C=O) groups is 1. The van der Waals surface area contributed by atoms with Gasteiger partial charge in [-0.1, -0.05) is 155 Å². The molecule has 9 rings (SSSR count). The average Bonchev–Trinajstić information content (AvgIpc) is 3.78. The maximum atomic E-state index is 13.2. The number of aryl methyl sites for hydroxylation is 4. The number of benzene rings is 8. The van der Waals surface area contributed by atoms with Gasteiger partial charge in [0.05, 0.1) is 43.8 Å². The number of ketones is 1. The highest BCUT2D eigenvalue weighted by molar-refractivity contribution is 6.06. The van der Waals surface area contributed by atoms with Gasteiger partial charge in [0.15, 0.2) is 11.5 Å². The van der Waals surface area contributed by atoms with Gasteiger partial charge in [-0.05, 0) is 121 Å². The van der Waals surface area contributed by atoms with Crippen molar-refractivity contribution in [2.45, 2.75) is 106 Å². The van der Waals surface area contributed by atoms with E-state index in [1.165, 1.54) is 0 Å². The first-order chi connectivity index (χ1) is 43.0. The molecule has 1 aromatic heterocycles. The summed E-state index contributed by atoms with van der Waals surface area (Å²) in [5.74, 6) is 8.33. The number of allylic oxidation sites excluding steroid dienone is 1. The standard InChI is InChI=1S/C39H45NO5.C37H39NO5/c1-6-15-32-36(20-13-21-37(32)45-35-19-12-11-16-29(35)3)42-24-14-25-43-38-27-39(44-28-30-17-9-8-10-18-30)33(26-31(38)7-2)34(41)22-23-40(4)5;1-4-13-30-33(18-11-19-34(30)42-32-17-10-9-14-27(32)3)39-22-12-23-40-36-25-37(41-26-28-15-7-6-8-16-28)31(24-29(36)5-2)35-20-21-38-43-35/h8-13,16-23,26-27H,6-7,14-15,24-25,28H2,1-5H3;6-11,14-21,24-25H,4-5,12-13,22-23,26H2,1-3H3/b23-22+;. The van der Waals surface area contributed by atoms with Crippen LogP contribution in [0.2, 0.25) is 0 Å². The zero-order chi connectivity index (χ0) is 61.9. The molecule has 0 saturated carbocycles. The molecule has 0 spiro atoms. The van der Waals surface area contributed by atoms with Crippen molar-refractivity contribution >= 4 is 5.78 Å². The summed E-state index contributed by atoms with van der Waals surface area (Å²) < 4.78 is 55.6. The van der Waals surface area contributed by atoms with Gasteiger partial charge in [0.25, 0.3) is 0 Å². The van der Waals surface area contributed by atoms with Gasteiger partial charge in [-0.3, -0.25) is 4.79 Å². The van der Waals surface area contributed by atoms with Crippen LogP contribution in [0.15, 0.2) is 199 Å². The number of aromatic nitrogens is 1. The van der Waals surface area contributed by atoms with Crippen LogP contribution in [0.1, 0.15) is 108 Å². The summed E-state index contributed by atoms with van der Waals surface area (Å²) in [6, 6.07) is 57.7. The van der Waals surface area contributed by atoms with E-state index in [0.717, 1.165) is 135 Å². The van der Waals surface area contributed by atoms with Crippen molar-refractivity contribution in [1.29, 1.82) is 0 Å². The maximum absolute atomic E-state index is 13.2. The number of para-hydroxylation sites is 2. The Kier molecular flexibility index (Phi) is 25.0. The monoisotopic (exact) mass is 1180 g/mol. The molecule has 1 heterocycles. The summed E-state index contributed by atoms with van der Waals surface area (Å²) in [5, 5.41) is 3.90. The highest BCUT2D eigenvalue weighted by Gasteiger charge is 2.20. The first-order valence-electron chi connectivity index (χ1n) is 30.7. The average molecular weight is 1190 g/mol. The van der Waals surface area contributed by atoms with Crippen molar-refractivity contribution in [3.8, 4) is 68.8 Å². The molecule has 12 heteroatoms. The van der Waals surface area contributed by atoms with Crippen molar-refractivity contribution < 1.29 is 47.2 Å². The molecule has 0 amide bonds. The summed E-state index contributed by atoms with van der Waals surface area (Å²) >= 11 is 0. The Balaban J connectivity index is 0.000000228. The van der Waals surface area contributed by atoms with Crippen LogP contribution in [0.25, 0.3) is 11.3 Å². The third-order valence-electron chi connectivity index (χ3n) is 14.5. The van der Waals surface area contributed by atoms with E-state index in [1.807, 2.05) is 190 Å². The van der Waals surface area contributed by atoms with Crippen LogP contribution in [0.3, 0.4) is 0 Å². The fourth-order valence-corrected chi connectivity index (χ4v) is 9.76. The molecular weight excluding hydrogens is 1100 g/mol. The summed E-state index contributed by atoms with van der Waals surface area (Å²) in [4.78, 5) is 15.0. The second kappa shape index (κ2) is 34.1. The van der Waals surface area contributed by atoms with E-state index < -0.39 is 0 Å². The molecule has 458 valence electrons. The van der Waals surface area contributed by atoms with Crippen LogP contribution in [0.5, 0.6) is 57.5 Å². The molecule has 0 fully saturated rings. The predicted octanol–water partition coefficient (Wildman–Crippen LogP) is 18.4. The van der Waals surface area contributed by atoms with Gasteiger partial charge in [0.2, 0.25) is 0 Å². The van der Waals surface area contributed by atoms with E-state index >= 15 is 0 Å². The normalized spacial score (nSPS) is 10.9. The smallest absolute Gasteiger partial charge is 0.191 e. The largest absolute Gasteiger partial charge is 0.493 e. The lowest BCUT2D eigenvalue weighted by Gasteiger charge is -2.18. The third kappa shape index (κ3) is 18.8. The fourth-order valence-electron chi connectivity index (χ4n) is 9.76. The molecule has 0 atom stereocenters. The Morgan fingerprint density at radius 3 is 1.38 bits per heavy atom. The third-order valence-corrected chi connectivity index (χ3v) is 14.5. The van der Waals surface area contributed by atoms with Crippen LogP contribution in [0.4, 0.5) is 0 Å². The topological polar surface area (TPSA) is 120 Å². The number of rotatable bonds is 32. The minimum Gasteiger partial charge on any atom is -0.493 e. The van der Waals surface area contributed by atoms with Gasteiger partial charge in [-0.25, -0.2) is 0 Å². The van der Waals surface area contributed by atoms with Crippen molar-refractivity contribution in [1.82, 2.24) is 10.1 Å². The fraction of sp³-hybridized carbons (Fsp3) is 0.289. The quantitative estimate of drug-likeness (QED) is 0.0227. The zero-order valence-corrected chi connectivity index (χ0v) is 52.4. The molecule has 0 unspecified atom stereocenters. The Morgan fingerprint density at radius 2 is 0.909 bits per heavy atom. The molecule has 9 aromatic rings. The Bertz CT molecular complexity index is 3620. The van der Waals surface area contributed by atoms with E-state index in [2.05, 4.69) is 51.9 Å². The Hall–Kier alpha value is -9.42. The molecule has 0 radical (unpaired) electrons. The summed E-state index contributed by atoms with van der Waals surface area (Å²) in [6.07, 6.45) is 11.6. The van der Waals surface area contributed by atoms with Gasteiger partial charge < -0.3 is 47.3 Å². The molecular formula is C76H84N2O10. The van der Waals surface area contributed by atoms with E-state index in [1.54, 1.807) is 18.5 Å². The van der Waals surface area contributed by atoms with Crippen LogP contribution in [0, 0.1) is 13.8 Å². The molecule has 8 aromatic carbocycles. The summed E-state index contributed by atoms with van der Waals surface area (Å²) in [6.45, 7) is 15.4. The number of hydrogen-bond acceptors (Lipinski definition) is 12. The molecule has 88 heavy (non-hydrogen) atoms. The van der Waals surface area contributed by atoms with Crippen molar-refractivity contribution in [2.24, 2.45) is 0 Å². The minimum atomic E-state index is -0.113. The lowest BCUT2D eigenvalue weighted by molar-refractivity contribution is 0.104. The predicted molar refractivity (Wildman–Crippen MR) is 350 cm³/mol. The lowest BCUT2D eigenvalue weighted by atomic mass is 10.0. The maximum Gasteiger partial charge on any atom is 0.191 e. The van der Waals surface area contributed by atoms with Gasteiger partial charge in [-0.15, -0.1) is 0 Å². The van der Waals surface area contributed by atoms with E-state index in [-0.39, 0.29) is 5.78 Å². The zero-order valence-electron chi connectivity index (χ0n) is 52.4. The number of ether oxygens (including phenoxy) is 8. The number of nitrogens with zero attached hydrogens (tertiary/aromatic N) is 2. The highest BCUT2D eigenvalue weighted by Crippen LogP contribution is 2.39. The number of hydrogen-bond donors (Lipinski definition) is 0. The molecule has 0 N–H and O–H groups in total. The summed E-state index contributed by atoms with van der Waals surface area (Å²) in [5.41, 5.74) is 9.86. The minimum absolute atomic E-state index is 0.113. The van der Waals surface area contributed by atoms with Gasteiger partial charge >= 0.3 is 0 Å². The van der Waals surface area contributed by atoms with Crippen LogP contribution < -0.4 is 37.9 Å². The molecule has 0 aliphatic carbocycles. The lowest BCUT2D eigenvalue weighted by Crippen LogP contribution is -2.10. The number of carbonyl (C=O) groups excluding carboxylic acids is 1. The van der Waals surface area contributed by atoms with Crippen LogP contribution in [-0.2, 0) is 38.9 Å². The van der Waals surface area contributed by atoms with E-state index in [9.17, 15) is 4.79 Å². The molecule has 0 aliphatic rings. The first kappa shape index (κ1) is 64.6. The molecule has 0 bridgehead atoms. The van der Waals surface area contributed by atoms with E-state index in [4.69, 9.17) is 42.4 Å². The molecule has 0 saturated heterocycles. The second-order valence-electron chi connectivity index (χ2n) is 21.5. The summed E-state index contributed by atoms with van der Waals surface area (Å²) in [7, 11) is 3.77. The SMILES string of the molecule is CCCc1c(OCCCOc2cc(OCc3ccccc3)c(-c3ccno3)cc2CC)cccc1Oc1ccccc1C.CCCc1c(OCCCOc2cc(OCc3ccccc3)c(C(=O)/C=C/N(C)C)cc2CC)cccc1Oc1ccccc1C. The van der Waals surface area contributed by atoms with Gasteiger partial charge in [0.1, 0.15) is 70.7 Å². The van der Waals surface area contributed by atoms with Gasteiger partial charge in [0, 0.05) is 68.5 Å². The highest BCUT2D eigenvalue weighted by atomic mass is 16.5. The second-order valence-corrected chi connectivity index (χ2v) is 21.5. The van der Waals surface area contributed by atoms with Crippen LogP contribution >= 0.6 is 0 Å². The van der Waals surface area contributed by atoms with Crippen LogP contribution in [-0.4, -0.2) is 56.4 Å². The first-order valence-corrected chi connectivity index (χ1v) is 30.7. The Morgan fingerprint density at radius 1 is 0.466 bits per heavy atom. The van der Waals surface area contributed by atoms with Gasteiger partial charge in [-0.2, -0.15) is 0 Å². The molecule has 0 aliphatic heterocycles. The van der Waals surface area contributed by atoms with Crippen molar-refractivity contribution in [3.63, 3.8) is 0 Å². The van der Waals surface area contributed by atoms with E-state index in [0.29, 0.717) is 74.6 Å². The Labute approximate surface area is 520 Å². The van der Waals surface area contributed by atoms with Crippen molar-refractivity contribution in [2.75, 3.05) is 40.5 Å². The van der Waals surface area contributed by atoms with Crippen molar-refractivity contribution in [3.05, 3.63) is 244 Å². The molecule has 12 nitrogen and oxygen atoms in total.